The predicted molar refractivity (Wildman–Crippen MR) is 82.6 cm³/mol. The Morgan fingerprint density at radius 1 is 1.05 bits per heavy atom. The van der Waals surface area contributed by atoms with E-state index < -0.39 is 0 Å². The van der Waals surface area contributed by atoms with E-state index in [0.717, 1.165) is 23.6 Å². The second-order valence-corrected chi connectivity index (χ2v) is 5.14. The number of hydrogen-bond acceptors (Lipinski definition) is 3. The Labute approximate surface area is 118 Å². The van der Waals surface area contributed by atoms with Gasteiger partial charge in [0, 0.05) is 23.4 Å². The zero-order valence-corrected chi connectivity index (χ0v) is 11.8. The molecule has 0 aliphatic rings. The molecule has 2 rings (SSSR count). The van der Waals surface area contributed by atoms with Gasteiger partial charge in [-0.25, -0.2) is 0 Å². The first kappa shape index (κ1) is 13.7. The Hall–Kier alpha value is -1.74. The van der Waals surface area contributed by atoms with E-state index in [0.29, 0.717) is 0 Å². The van der Waals surface area contributed by atoms with Gasteiger partial charge in [0.05, 0.1) is 7.11 Å². The number of aliphatic imine (C=N–C) groups is 1. The molecular weight excluding hydrogens is 254 g/mol. The normalized spacial score (nSPS) is 10.8. The first-order valence-corrected chi connectivity index (χ1v) is 7.19. The van der Waals surface area contributed by atoms with E-state index in [9.17, 15) is 0 Å². The highest BCUT2D eigenvalue weighted by molar-refractivity contribution is 7.99. The van der Waals surface area contributed by atoms with Crippen LogP contribution in [0.5, 0.6) is 5.75 Å². The van der Waals surface area contributed by atoms with Crippen molar-refractivity contribution < 1.29 is 4.74 Å². The van der Waals surface area contributed by atoms with Gasteiger partial charge in [0.2, 0.25) is 0 Å². The minimum Gasteiger partial charge on any atom is -0.497 e. The van der Waals surface area contributed by atoms with Crippen LogP contribution in [0.3, 0.4) is 0 Å². The summed E-state index contributed by atoms with van der Waals surface area (Å²) >= 11 is 1.83. The number of thioether (sulfide) groups is 1. The summed E-state index contributed by atoms with van der Waals surface area (Å²) < 4.78 is 5.11. The van der Waals surface area contributed by atoms with Gasteiger partial charge in [-0.3, -0.25) is 4.99 Å². The molecule has 2 aromatic carbocycles. The number of rotatable bonds is 6. The van der Waals surface area contributed by atoms with Crippen molar-refractivity contribution in [3.63, 3.8) is 0 Å². The summed E-state index contributed by atoms with van der Waals surface area (Å²) in [5.74, 6) is 1.87. The highest BCUT2D eigenvalue weighted by Gasteiger charge is 1.92. The van der Waals surface area contributed by atoms with Crippen molar-refractivity contribution in [3.05, 3.63) is 60.2 Å². The lowest BCUT2D eigenvalue weighted by atomic mass is 10.2. The molecule has 0 radical (unpaired) electrons. The molecule has 0 atom stereocenters. The SMILES string of the molecule is COc1ccc(C=NCCSc2ccccc2)cc1. The minimum atomic E-state index is 0.825. The van der Waals surface area contributed by atoms with Crippen LogP contribution >= 0.6 is 11.8 Å². The highest BCUT2D eigenvalue weighted by Crippen LogP contribution is 2.16. The lowest BCUT2D eigenvalue weighted by Gasteiger charge is -1.99. The van der Waals surface area contributed by atoms with Gasteiger partial charge in [-0.15, -0.1) is 11.8 Å². The van der Waals surface area contributed by atoms with Crippen LogP contribution in [-0.2, 0) is 0 Å². The number of benzene rings is 2. The lowest BCUT2D eigenvalue weighted by Crippen LogP contribution is -1.88. The van der Waals surface area contributed by atoms with E-state index in [2.05, 4.69) is 29.3 Å². The molecule has 0 aliphatic heterocycles. The molecule has 0 unspecified atom stereocenters. The van der Waals surface area contributed by atoms with Crippen LogP contribution in [0.15, 0.2) is 64.5 Å². The van der Waals surface area contributed by atoms with E-state index >= 15 is 0 Å². The smallest absolute Gasteiger partial charge is 0.118 e. The van der Waals surface area contributed by atoms with Crippen molar-refractivity contribution in [2.45, 2.75) is 4.90 Å². The van der Waals surface area contributed by atoms with Crippen molar-refractivity contribution in [3.8, 4) is 5.75 Å². The molecule has 0 saturated heterocycles. The highest BCUT2D eigenvalue weighted by atomic mass is 32.2. The molecule has 0 bridgehead atoms. The minimum absolute atomic E-state index is 0.825. The largest absolute Gasteiger partial charge is 0.497 e. The van der Waals surface area contributed by atoms with Crippen LogP contribution in [0.2, 0.25) is 0 Å². The van der Waals surface area contributed by atoms with Crippen molar-refractivity contribution >= 4 is 18.0 Å². The zero-order chi connectivity index (χ0) is 13.3. The first-order chi connectivity index (χ1) is 9.38. The predicted octanol–water partition coefficient (Wildman–Crippen LogP) is 3.91. The van der Waals surface area contributed by atoms with E-state index in [1.54, 1.807) is 7.11 Å². The summed E-state index contributed by atoms with van der Waals surface area (Å²) in [7, 11) is 1.67. The molecule has 0 amide bonds. The van der Waals surface area contributed by atoms with Gasteiger partial charge in [0.25, 0.3) is 0 Å². The van der Waals surface area contributed by atoms with Gasteiger partial charge in [0.1, 0.15) is 5.75 Å². The van der Waals surface area contributed by atoms with Crippen molar-refractivity contribution in [1.82, 2.24) is 0 Å². The Bertz CT molecular complexity index is 508. The molecule has 0 aromatic heterocycles. The quantitative estimate of drug-likeness (QED) is 0.451. The fraction of sp³-hybridized carbons (Fsp3) is 0.188. The third kappa shape index (κ3) is 4.79. The molecule has 0 aliphatic carbocycles. The monoisotopic (exact) mass is 271 g/mol. The van der Waals surface area contributed by atoms with E-state index in [4.69, 9.17) is 4.74 Å². The average molecular weight is 271 g/mol. The molecule has 19 heavy (non-hydrogen) atoms. The van der Waals surface area contributed by atoms with E-state index in [1.165, 1.54) is 4.90 Å². The topological polar surface area (TPSA) is 21.6 Å². The maximum atomic E-state index is 5.11. The van der Waals surface area contributed by atoms with Gasteiger partial charge in [-0.05, 0) is 42.0 Å². The molecule has 2 aromatic rings. The summed E-state index contributed by atoms with van der Waals surface area (Å²) in [5, 5.41) is 0. The third-order valence-corrected chi connectivity index (χ3v) is 3.58. The Kier molecular flexibility index (Phi) is 5.50. The summed E-state index contributed by atoms with van der Waals surface area (Å²) in [5.41, 5.74) is 1.10. The van der Waals surface area contributed by atoms with Gasteiger partial charge in [0.15, 0.2) is 0 Å². The molecule has 0 saturated carbocycles. The Balaban J connectivity index is 1.74. The maximum Gasteiger partial charge on any atom is 0.118 e. The van der Waals surface area contributed by atoms with Gasteiger partial charge in [-0.1, -0.05) is 18.2 Å². The van der Waals surface area contributed by atoms with Crippen LogP contribution in [0, 0.1) is 0 Å². The zero-order valence-electron chi connectivity index (χ0n) is 11.0. The standard InChI is InChI=1S/C16H17NOS/c1-18-15-9-7-14(8-10-15)13-17-11-12-19-16-5-3-2-4-6-16/h2-10,13H,11-12H2,1H3. The summed E-state index contributed by atoms with van der Waals surface area (Å²) in [6.07, 6.45) is 1.91. The molecule has 2 nitrogen and oxygen atoms in total. The molecule has 0 spiro atoms. The third-order valence-electron chi connectivity index (χ3n) is 2.59. The Morgan fingerprint density at radius 2 is 1.79 bits per heavy atom. The van der Waals surface area contributed by atoms with Gasteiger partial charge >= 0.3 is 0 Å². The van der Waals surface area contributed by atoms with Crippen LogP contribution in [0.25, 0.3) is 0 Å². The van der Waals surface area contributed by atoms with Crippen molar-refractivity contribution in [1.29, 1.82) is 0 Å². The molecular formula is C16H17NOS. The fourth-order valence-corrected chi connectivity index (χ4v) is 2.37. The van der Waals surface area contributed by atoms with Crippen LogP contribution in [0.1, 0.15) is 5.56 Å². The average Bonchev–Trinajstić information content (AvgIpc) is 2.49. The van der Waals surface area contributed by atoms with E-state index in [-0.39, 0.29) is 0 Å². The summed E-state index contributed by atoms with van der Waals surface area (Å²) in [6.45, 7) is 0.825. The number of methoxy groups -OCH3 is 1. The second-order valence-electron chi connectivity index (χ2n) is 3.97. The van der Waals surface area contributed by atoms with Crippen molar-refractivity contribution in [2.24, 2.45) is 4.99 Å². The van der Waals surface area contributed by atoms with Crippen molar-refractivity contribution in [2.75, 3.05) is 19.4 Å². The van der Waals surface area contributed by atoms with Gasteiger partial charge in [-0.2, -0.15) is 0 Å². The number of nitrogens with zero attached hydrogens (tertiary/aromatic N) is 1. The van der Waals surface area contributed by atoms with Crippen LogP contribution in [-0.4, -0.2) is 25.6 Å². The molecule has 3 heteroatoms. The number of hydrogen-bond donors (Lipinski definition) is 0. The fourth-order valence-electron chi connectivity index (χ4n) is 1.59. The molecule has 98 valence electrons. The summed E-state index contributed by atoms with van der Waals surface area (Å²) in [4.78, 5) is 5.72. The summed E-state index contributed by atoms with van der Waals surface area (Å²) in [6, 6.07) is 18.3. The van der Waals surface area contributed by atoms with E-state index in [1.807, 2.05) is 48.3 Å². The number of ether oxygens (including phenoxy) is 1. The second kappa shape index (κ2) is 7.64. The molecule has 0 heterocycles. The lowest BCUT2D eigenvalue weighted by molar-refractivity contribution is 0.415. The van der Waals surface area contributed by atoms with Crippen LogP contribution < -0.4 is 4.74 Å². The van der Waals surface area contributed by atoms with Crippen LogP contribution in [0.4, 0.5) is 0 Å². The van der Waals surface area contributed by atoms with Gasteiger partial charge < -0.3 is 4.74 Å². The first-order valence-electron chi connectivity index (χ1n) is 6.20. The molecule has 0 N–H and O–H groups in total. The molecule has 0 fully saturated rings. The Morgan fingerprint density at radius 3 is 2.47 bits per heavy atom. The maximum absolute atomic E-state index is 5.11.